The van der Waals surface area contributed by atoms with Crippen molar-refractivity contribution in [1.29, 1.82) is 0 Å². The molecular formula is C22H29FN2O4S. The Morgan fingerprint density at radius 3 is 2.57 bits per heavy atom. The molecule has 0 radical (unpaired) electrons. The molecule has 0 fully saturated rings. The maximum atomic E-state index is 13.7. The zero-order valence-electron chi connectivity index (χ0n) is 17.7. The van der Waals surface area contributed by atoms with Crippen molar-refractivity contribution in [3.8, 4) is 16.9 Å². The maximum absolute atomic E-state index is 13.7. The third-order valence-electron chi connectivity index (χ3n) is 5.37. The van der Waals surface area contributed by atoms with Crippen LogP contribution in [0.4, 0.5) is 4.39 Å². The summed E-state index contributed by atoms with van der Waals surface area (Å²) in [6, 6.07) is 10.4. The molecule has 0 aromatic heterocycles. The molecule has 8 heteroatoms. The number of nitrogens with zero attached hydrogens (tertiary/aromatic N) is 2. The number of aliphatic hydroxyl groups is 1. The highest BCUT2D eigenvalue weighted by Gasteiger charge is 2.37. The van der Waals surface area contributed by atoms with Gasteiger partial charge in [-0.25, -0.2) is 12.8 Å². The second kappa shape index (κ2) is 9.01. The van der Waals surface area contributed by atoms with Crippen LogP contribution < -0.4 is 4.74 Å². The summed E-state index contributed by atoms with van der Waals surface area (Å²) in [5.74, 6) is -0.234. The number of rotatable bonds is 5. The van der Waals surface area contributed by atoms with Gasteiger partial charge in [-0.2, -0.15) is 4.31 Å². The summed E-state index contributed by atoms with van der Waals surface area (Å²) in [5, 5.41) is 9.66. The van der Waals surface area contributed by atoms with Crippen LogP contribution >= 0.6 is 0 Å². The maximum Gasteiger partial charge on any atom is 0.247 e. The van der Waals surface area contributed by atoms with E-state index in [2.05, 4.69) is 0 Å². The van der Waals surface area contributed by atoms with Crippen molar-refractivity contribution in [2.45, 2.75) is 30.9 Å². The monoisotopic (exact) mass is 436 g/mol. The molecule has 0 aliphatic carbocycles. The molecule has 1 heterocycles. The average Bonchev–Trinajstić information content (AvgIpc) is 2.69. The molecule has 0 spiro atoms. The summed E-state index contributed by atoms with van der Waals surface area (Å²) < 4.78 is 48.1. The molecule has 2 aromatic rings. The molecule has 1 aliphatic heterocycles. The Morgan fingerprint density at radius 2 is 1.93 bits per heavy atom. The Labute approximate surface area is 177 Å². The largest absolute Gasteiger partial charge is 0.487 e. The van der Waals surface area contributed by atoms with Crippen molar-refractivity contribution >= 4 is 10.0 Å². The standard InChI is InChI=1S/C22H29FN2O4S/c1-15-12-25(16(2)14-26)30(27,28)22-9-8-18(17-6-5-7-19(23)10-17)11-20(22)29-21(15)13-24(3)4/h5-11,15-16,21,26H,12-14H2,1-4H3/t15-,16-,21+/m1/s1. The summed E-state index contributed by atoms with van der Waals surface area (Å²) in [6.07, 6.45) is -0.259. The number of aliphatic hydroxyl groups excluding tert-OH is 1. The second-order valence-electron chi connectivity index (χ2n) is 8.17. The van der Waals surface area contributed by atoms with Gasteiger partial charge in [0.05, 0.1) is 6.61 Å². The van der Waals surface area contributed by atoms with Crippen LogP contribution in [-0.2, 0) is 10.0 Å². The van der Waals surface area contributed by atoms with Gasteiger partial charge in [-0.3, -0.25) is 0 Å². The zero-order valence-corrected chi connectivity index (χ0v) is 18.6. The molecule has 0 saturated carbocycles. The first-order valence-electron chi connectivity index (χ1n) is 9.97. The summed E-state index contributed by atoms with van der Waals surface area (Å²) in [6.45, 7) is 4.21. The van der Waals surface area contributed by atoms with Gasteiger partial charge in [-0.15, -0.1) is 0 Å². The molecule has 3 rings (SSSR count). The first-order valence-corrected chi connectivity index (χ1v) is 11.4. The number of halogens is 1. The normalized spacial score (nSPS) is 22.6. The van der Waals surface area contributed by atoms with E-state index in [0.29, 0.717) is 17.7 Å². The zero-order chi connectivity index (χ0) is 22.1. The minimum Gasteiger partial charge on any atom is -0.487 e. The van der Waals surface area contributed by atoms with Crippen molar-refractivity contribution in [1.82, 2.24) is 9.21 Å². The summed E-state index contributed by atoms with van der Waals surface area (Å²) >= 11 is 0. The number of hydrogen-bond donors (Lipinski definition) is 1. The molecule has 0 saturated heterocycles. The van der Waals surface area contributed by atoms with Crippen LogP contribution in [0.3, 0.4) is 0 Å². The van der Waals surface area contributed by atoms with Gasteiger partial charge < -0.3 is 14.7 Å². The van der Waals surface area contributed by atoms with Crippen LogP contribution in [0, 0.1) is 11.7 Å². The molecular weight excluding hydrogens is 407 g/mol. The van der Waals surface area contributed by atoms with Crippen LogP contribution in [0.1, 0.15) is 13.8 Å². The third-order valence-corrected chi connectivity index (χ3v) is 7.39. The van der Waals surface area contributed by atoms with Gasteiger partial charge in [-0.05, 0) is 56.4 Å². The molecule has 30 heavy (non-hydrogen) atoms. The highest BCUT2D eigenvalue weighted by Crippen LogP contribution is 2.36. The van der Waals surface area contributed by atoms with Crippen molar-refractivity contribution in [2.24, 2.45) is 5.92 Å². The molecule has 2 aromatic carbocycles. The van der Waals surface area contributed by atoms with Gasteiger partial charge in [0.25, 0.3) is 0 Å². The highest BCUT2D eigenvalue weighted by atomic mass is 32.2. The van der Waals surface area contributed by atoms with Crippen LogP contribution in [0.2, 0.25) is 0 Å². The van der Waals surface area contributed by atoms with Crippen LogP contribution in [0.25, 0.3) is 11.1 Å². The van der Waals surface area contributed by atoms with Gasteiger partial charge >= 0.3 is 0 Å². The predicted molar refractivity (Wildman–Crippen MR) is 114 cm³/mol. The van der Waals surface area contributed by atoms with E-state index in [-0.39, 0.29) is 41.6 Å². The van der Waals surface area contributed by atoms with Crippen molar-refractivity contribution in [3.05, 3.63) is 48.3 Å². The molecule has 6 nitrogen and oxygen atoms in total. The Balaban J connectivity index is 2.15. The molecule has 164 valence electrons. The van der Waals surface area contributed by atoms with E-state index in [1.165, 1.54) is 22.5 Å². The first-order chi connectivity index (χ1) is 14.1. The van der Waals surface area contributed by atoms with E-state index in [4.69, 9.17) is 4.74 Å². The van der Waals surface area contributed by atoms with E-state index in [0.717, 1.165) is 0 Å². The fraction of sp³-hybridized carbons (Fsp3) is 0.455. The van der Waals surface area contributed by atoms with Crippen LogP contribution in [0.15, 0.2) is 47.4 Å². The highest BCUT2D eigenvalue weighted by molar-refractivity contribution is 7.89. The Bertz CT molecular complexity index is 996. The second-order valence-corrected chi connectivity index (χ2v) is 10.0. The van der Waals surface area contributed by atoms with Gasteiger partial charge in [0, 0.05) is 25.0 Å². The lowest BCUT2D eigenvalue weighted by Crippen LogP contribution is -2.49. The van der Waals surface area contributed by atoms with Crippen molar-refractivity contribution in [2.75, 3.05) is 33.8 Å². The Hall–Kier alpha value is -2.00. The Kier molecular flexibility index (Phi) is 6.81. The number of ether oxygens (including phenoxy) is 1. The number of likely N-dealkylation sites (N-methyl/N-ethyl adjacent to an activating group) is 1. The Morgan fingerprint density at radius 1 is 1.23 bits per heavy atom. The van der Waals surface area contributed by atoms with E-state index in [1.54, 1.807) is 31.2 Å². The molecule has 0 amide bonds. The third kappa shape index (κ3) is 4.67. The SMILES string of the molecule is C[C@@H]1CN([C@H](C)CO)S(=O)(=O)c2ccc(-c3cccc(F)c3)cc2O[C@H]1CN(C)C. The van der Waals surface area contributed by atoms with Crippen molar-refractivity contribution < 1.29 is 22.7 Å². The topological polar surface area (TPSA) is 70.1 Å². The van der Waals surface area contributed by atoms with Gasteiger partial charge in [0.1, 0.15) is 22.6 Å². The summed E-state index contributed by atoms with van der Waals surface area (Å²) in [7, 11) is -0.0166. The van der Waals surface area contributed by atoms with E-state index in [1.807, 2.05) is 25.9 Å². The van der Waals surface area contributed by atoms with Gasteiger partial charge in [0.15, 0.2) is 0 Å². The number of benzene rings is 2. The molecule has 1 aliphatic rings. The van der Waals surface area contributed by atoms with E-state index in [9.17, 15) is 17.9 Å². The lowest BCUT2D eigenvalue weighted by Gasteiger charge is -2.37. The quantitative estimate of drug-likeness (QED) is 0.781. The van der Waals surface area contributed by atoms with Crippen LogP contribution in [-0.4, -0.2) is 68.7 Å². The first kappa shape index (κ1) is 22.7. The fourth-order valence-electron chi connectivity index (χ4n) is 3.65. The van der Waals surface area contributed by atoms with Crippen molar-refractivity contribution in [3.63, 3.8) is 0 Å². The number of fused-ring (bicyclic) bond motifs is 1. The number of sulfonamides is 1. The molecule has 0 unspecified atom stereocenters. The smallest absolute Gasteiger partial charge is 0.247 e. The van der Waals surface area contributed by atoms with E-state index >= 15 is 0 Å². The summed E-state index contributed by atoms with van der Waals surface area (Å²) in [4.78, 5) is 2.05. The number of hydrogen-bond acceptors (Lipinski definition) is 5. The lowest BCUT2D eigenvalue weighted by molar-refractivity contribution is 0.0813. The minimum absolute atomic E-state index is 0.0543. The molecule has 0 bridgehead atoms. The van der Waals surface area contributed by atoms with Crippen LogP contribution in [0.5, 0.6) is 5.75 Å². The average molecular weight is 437 g/mol. The minimum atomic E-state index is -3.89. The fourth-order valence-corrected chi connectivity index (χ4v) is 5.48. The lowest BCUT2D eigenvalue weighted by atomic mass is 10.0. The van der Waals surface area contributed by atoms with Gasteiger partial charge in [0.2, 0.25) is 10.0 Å². The molecule has 1 N–H and O–H groups in total. The van der Waals surface area contributed by atoms with E-state index < -0.39 is 16.1 Å². The summed E-state index contributed by atoms with van der Waals surface area (Å²) in [5.41, 5.74) is 1.31. The molecule has 3 atom stereocenters. The predicted octanol–water partition coefficient (Wildman–Crippen LogP) is 2.82. The van der Waals surface area contributed by atoms with Gasteiger partial charge in [-0.1, -0.05) is 25.1 Å².